The molecule has 2 aromatic rings. The fourth-order valence-electron chi connectivity index (χ4n) is 3.33. The summed E-state index contributed by atoms with van der Waals surface area (Å²) in [6.45, 7) is 5.82. The minimum atomic E-state index is -0.977. The zero-order chi connectivity index (χ0) is 23.7. The first-order valence-corrected chi connectivity index (χ1v) is 11.7. The molecule has 0 heterocycles. The van der Waals surface area contributed by atoms with Gasteiger partial charge in [0.05, 0.1) is 18.6 Å². The van der Waals surface area contributed by atoms with Crippen LogP contribution in [-0.4, -0.2) is 40.1 Å². The SMILES string of the molecule is CCCc1c(O)c(C(C)=O)cc(C)c1OCCCSc1ccc(C(=O)CCC(=O)O)cc1. The van der Waals surface area contributed by atoms with Crippen molar-refractivity contribution in [2.24, 2.45) is 0 Å². The molecule has 172 valence electrons. The molecular formula is C25H30O6S. The number of carboxylic acids is 1. The van der Waals surface area contributed by atoms with Crippen LogP contribution in [0.5, 0.6) is 11.5 Å². The van der Waals surface area contributed by atoms with Crippen molar-refractivity contribution in [1.82, 2.24) is 0 Å². The van der Waals surface area contributed by atoms with Gasteiger partial charge in [0.1, 0.15) is 11.5 Å². The quantitative estimate of drug-likeness (QED) is 0.233. The van der Waals surface area contributed by atoms with Gasteiger partial charge < -0.3 is 14.9 Å². The van der Waals surface area contributed by atoms with Crippen molar-refractivity contribution in [3.8, 4) is 11.5 Å². The highest BCUT2D eigenvalue weighted by molar-refractivity contribution is 7.99. The minimum absolute atomic E-state index is 0.00154. The fraction of sp³-hybridized carbons (Fsp3) is 0.400. The second kappa shape index (κ2) is 12.3. The van der Waals surface area contributed by atoms with Gasteiger partial charge in [-0.05, 0) is 50.5 Å². The summed E-state index contributed by atoms with van der Waals surface area (Å²) in [4.78, 5) is 35.4. The van der Waals surface area contributed by atoms with Crippen LogP contribution in [0.1, 0.15) is 71.4 Å². The van der Waals surface area contributed by atoms with Gasteiger partial charge in [-0.25, -0.2) is 0 Å². The Morgan fingerprint density at radius 2 is 1.78 bits per heavy atom. The van der Waals surface area contributed by atoms with E-state index >= 15 is 0 Å². The third-order valence-electron chi connectivity index (χ3n) is 4.96. The Kier molecular flexibility index (Phi) is 9.78. The van der Waals surface area contributed by atoms with Crippen molar-refractivity contribution < 1.29 is 29.3 Å². The molecular weight excluding hydrogens is 428 g/mol. The number of carbonyl (C=O) groups excluding carboxylic acids is 2. The molecule has 0 saturated carbocycles. The molecule has 2 N–H and O–H groups in total. The highest BCUT2D eigenvalue weighted by Crippen LogP contribution is 2.36. The Balaban J connectivity index is 1.89. The fourth-order valence-corrected chi connectivity index (χ4v) is 4.16. The maximum absolute atomic E-state index is 12.0. The van der Waals surface area contributed by atoms with Crippen molar-refractivity contribution in [3.63, 3.8) is 0 Å². The van der Waals surface area contributed by atoms with E-state index < -0.39 is 5.97 Å². The van der Waals surface area contributed by atoms with Gasteiger partial charge in [-0.2, -0.15) is 0 Å². The molecule has 0 spiro atoms. The van der Waals surface area contributed by atoms with E-state index in [-0.39, 0.29) is 30.2 Å². The second-order valence-electron chi connectivity index (χ2n) is 7.60. The van der Waals surface area contributed by atoms with E-state index in [1.54, 1.807) is 30.0 Å². The summed E-state index contributed by atoms with van der Waals surface area (Å²) in [5, 5.41) is 19.2. The Hall–Kier alpha value is -2.80. The van der Waals surface area contributed by atoms with Crippen LogP contribution in [0.3, 0.4) is 0 Å². The van der Waals surface area contributed by atoms with Crippen LogP contribution in [0.25, 0.3) is 0 Å². The molecule has 0 bridgehead atoms. The Morgan fingerprint density at radius 1 is 1.09 bits per heavy atom. The van der Waals surface area contributed by atoms with E-state index in [1.807, 2.05) is 26.0 Å². The van der Waals surface area contributed by atoms with Crippen LogP contribution in [0.15, 0.2) is 35.2 Å². The topological polar surface area (TPSA) is 101 Å². The first-order valence-electron chi connectivity index (χ1n) is 10.7. The summed E-state index contributed by atoms with van der Waals surface area (Å²) < 4.78 is 5.99. The van der Waals surface area contributed by atoms with Crippen molar-refractivity contribution in [3.05, 3.63) is 52.6 Å². The van der Waals surface area contributed by atoms with Crippen molar-refractivity contribution in [2.75, 3.05) is 12.4 Å². The molecule has 0 amide bonds. The van der Waals surface area contributed by atoms with Crippen LogP contribution in [0.4, 0.5) is 0 Å². The summed E-state index contributed by atoms with van der Waals surface area (Å²) in [6, 6.07) is 8.86. The lowest BCUT2D eigenvalue weighted by Crippen LogP contribution is -2.06. The Bertz CT molecular complexity index is 965. The molecule has 7 heteroatoms. The number of hydrogen-bond donors (Lipinski definition) is 2. The van der Waals surface area contributed by atoms with Crippen LogP contribution in [-0.2, 0) is 11.2 Å². The van der Waals surface area contributed by atoms with Gasteiger partial charge in [-0.3, -0.25) is 14.4 Å². The minimum Gasteiger partial charge on any atom is -0.507 e. The molecule has 0 aromatic heterocycles. The molecule has 0 atom stereocenters. The van der Waals surface area contributed by atoms with Crippen LogP contribution < -0.4 is 4.74 Å². The lowest BCUT2D eigenvalue weighted by molar-refractivity contribution is -0.136. The summed E-state index contributed by atoms with van der Waals surface area (Å²) in [7, 11) is 0. The standard InChI is InChI=1S/C25H30O6S/c1-4-6-20-24(30)21(17(3)26)15-16(2)25(20)31-13-5-14-32-19-9-7-18(8-10-19)22(27)11-12-23(28)29/h7-10,15,30H,4-6,11-14H2,1-3H3,(H,28,29). The molecule has 0 fully saturated rings. The van der Waals surface area contributed by atoms with Crippen LogP contribution in [0, 0.1) is 6.92 Å². The molecule has 0 aliphatic heterocycles. The molecule has 2 aromatic carbocycles. The lowest BCUT2D eigenvalue weighted by atomic mass is 9.98. The maximum Gasteiger partial charge on any atom is 0.303 e. The summed E-state index contributed by atoms with van der Waals surface area (Å²) in [6.07, 6.45) is 2.08. The van der Waals surface area contributed by atoms with Gasteiger partial charge in [0.25, 0.3) is 0 Å². The number of aryl methyl sites for hydroxylation is 1. The van der Waals surface area contributed by atoms with Gasteiger partial charge in [0, 0.05) is 28.2 Å². The number of phenolic OH excluding ortho intramolecular Hbond substituents is 1. The number of benzene rings is 2. The highest BCUT2D eigenvalue weighted by Gasteiger charge is 2.18. The van der Waals surface area contributed by atoms with Gasteiger partial charge in [0.15, 0.2) is 11.6 Å². The molecule has 6 nitrogen and oxygen atoms in total. The molecule has 0 aliphatic carbocycles. The number of ketones is 2. The first-order chi connectivity index (χ1) is 15.2. The normalized spacial score (nSPS) is 10.7. The lowest BCUT2D eigenvalue weighted by Gasteiger charge is -2.17. The van der Waals surface area contributed by atoms with Gasteiger partial charge in [0.2, 0.25) is 0 Å². The third kappa shape index (κ3) is 7.12. The van der Waals surface area contributed by atoms with Crippen molar-refractivity contribution >= 4 is 29.3 Å². The number of aliphatic carboxylic acids is 1. The molecule has 0 radical (unpaired) electrons. The highest BCUT2D eigenvalue weighted by atomic mass is 32.2. The van der Waals surface area contributed by atoms with Crippen molar-refractivity contribution in [2.45, 2.75) is 57.8 Å². The number of carboxylic acid groups (broad SMARTS) is 1. The molecule has 2 rings (SSSR count). The number of thioether (sulfide) groups is 1. The van der Waals surface area contributed by atoms with E-state index in [0.717, 1.165) is 29.1 Å². The molecule has 0 saturated heterocycles. The monoisotopic (exact) mass is 458 g/mol. The largest absolute Gasteiger partial charge is 0.507 e. The summed E-state index contributed by atoms with van der Waals surface area (Å²) in [5.41, 5.74) is 2.38. The number of hydrogen-bond acceptors (Lipinski definition) is 6. The zero-order valence-electron chi connectivity index (χ0n) is 18.8. The van der Waals surface area contributed by atoms with E-state index in [4.69, 9.17) is 9.84 Å². The van der Waals surface area contributed by atoms with E-state index in [0.29, 0.717) is 35.5 Å². The Labute approximate surface area is 193 Å². The number of aromatic hydroxyl groups is 1. The molecule has 32 heavy (non-hydrogen) atoms. The predicted molar refractivity (Wildman–Crippen MR) is 125 cm³/mol. The second-order valence-corrected chi connectivity index (χ2v) is 8.76. The predicted octanol–water partition coefficient (Wildman–Crippen LogP) is 5.46. The van der Waals surface area contributed by atoms with E-state index in [2.05, 4.69) is 0 Å². The van der Waals surface area contributed by atoms with E-state index in [9.17, 15) is 19.5 Å². The van der Waals surface area contributed by atoms with E-state index in [1.165, 1.54) is 6.92 Å². The maximum atomic E-state index is 12.0. The molecule has 0 unspecified atom stereocenters. The summed E-state index contributed by atoms with van der Waals surface area (Å²) in [5.74, 6) is 0.173. The van der Waals surface area contributed by atoms with Crippen LogP contribution in [0.2, 0.25) is 0 Å². The van der Waals surface area contributed by atoms with Crippen molar-refractivity contribution in [1.29, 1.82) is 0 Å². The zero-order valence-corrected chi connectivity index (χ0v) is 19.6. The third-order valence-corrected chi connectivity index (χ3v) is 6.06. The first kappa shape index (κ1) is 25.5. The van der Waals surface area contributed by atoms with Gasteiger partial charge >= 0.3 is 5.97 Å². The molecule has 0 aliphatic rings. The van der Waals surface area contributed by atoms with Gasteiger partial charge in [-0.1, -0.05) is 25.5 Å². The average molecular weight is 459 g/mol. The van der Waals surface area contributed by atoms with Crippen LogP contribution >= 0.6 is 11.8 Å². The van der Waals surface area contributed by atoms with Gasteiger partial charge in [-0.15, -0.1) is 11.8 Å². The summed E-state index contributed by atoms with van der Waals surface area (Å²) >= 11 is 1.64. The number of rotatable bonds is 13. The Morgan fingerprint density at radius 3 is 2.38 bits per heavy atom. The average Bonchev–Trinajstić information content (AvgIpc) is 2.76. The number of Topliss-reactive ketones (excluding diaryl/α,β-unsaturated/α-hetero) is 2. The number of phenols is 1. The number of ether oxygens (including phenoxy) is 1. The number of carbonyl (C=O) groups is 3. The smallest absolute Gasteiger partial charge is 0.303 e.